The van der Waals surface area contributed by atoms with E-state index in [4.69, 9.17) is 0 Å². The highest BCUT2D eigenvalue weighted by Crippen LogP contribution is 2.60. The lowest BCUT2D eigenvalue weighted by Gasteiger charge is -2.44. The summed E-state index contributed by atoms with van der Waals surface area (Å²) in [5.74, 6) is 1.94. The molecule has 0 radical (unpaired) electrons. The third kappa shape index (κ3) is 5.37. The van der Waals surface area contributed by atoms with Crippen LogP contribution in [0.5, 0.6) is 0 Å². The first kappa shape index (κ1) is 24.7. The van der Waals surface area contributed by atoms with Gasteiger partial charge in [-0.15, -0.1) is 0 Å². The van der Waals surface area contributed by atoms with E-state index in [0.29, 0.717) is 23.7 Å². The van der Waals surface area contributed by atoms with Crippen molar-refractivity contribution in [2.75, 3.05) is 0 Å². The molecule has 3 N–H and O–H groups in total. The zero-order valence-corrected chi connectivity index (χ0v) is 20.5. The van der Waals surface area contributed by atoms with Gasteiger partial charge in [0.25, 0.3) is 0 Å². The molecule has 0 aromatic rings. The Balaban J connectivity index is 1.71. The minimum Gasteiger partial charge on any atom is -0.392 e. The van der Waals surface area contributed by atoms with Crippen molar-refractivity contribution in [1.29, 1.82) is 0 Å². The molecule has 0 aromatic heterocycles. The first-order chi connectivity index (χ1) is 14.4. The van der Waals surface area contributed by atoms with Crippen LogP contribution < -0.4 is 0 Å². The van der Waals surface area contributed by atoms with E-state index in [9.17, 15) is 15.3 Å². The van der Waals surface area contributed by atoms with Crippen LogP contribution in [0.15, 0.2) is 35.5 Å². The van der Waals surface area contributed by atoms with Gasteiger partial charge < -0.3 is 15.3 Å². The molecule has 3 aliphatic rings. The molecule has 0 spiro atoms. The van der Waals surface area contributed by atoms with Crippen LogP contribution in [-0.4, -0.2) is 33.1 Å². The summed E-state index contributed by atoms with van der Waals surface area (Å²) in [4.78, 5) is 0. The Bertz CT molecular complexity index is 712. The molecule has 3 nitrogen and oxygen atoms in total. The van der Waals surface area contributed by atoms with Crippen molar-refractivity contribution in [2.45, 2.75) is 110 Å². The largest absolute Gasteiger partial charge is 0.392 e. The van der Waals surface area contributed by atoms with Gasteiger partial charge in [0.1, 0.15) is 0 Å². The van der Waals surface area contributed by atoms with E-state index in [0.717, 1.165) is 36.3 Å². The number of aliphatic hydroxyl groups is 3. The highest BCUT2D eigenvalue weighted by atomic mass is 16.3. The van der Waals surface area contributed by atoms with Gasteiger partial charge in [-0.05, 0) is 93.1 Å². The highest BCUT2D eigenvalue weighted by molar-refractivity contribution is 5.39. The van der Waals surface area contributed by atoms with Gasteiger partial charge in [0.05, 0.1) is 17.8 Å². The quantitative estimate of drug-likeness (QED) is 0.488. The lowest BCUT2D eigenvalue weighted by atomic mass is 9.60. The summed E-state index contributed by atoms with van der Waals surface area (Å²) in [6.07, 6.45) is 13.4. The molecular weight excluding hydrogens is 384 g/mol. The molecule has 3 saturated carbocycles. The van der Waals surface area contributed by atoms with Gasteiger partial charge in [-0.1, -0.05) is 57.9 Å². The minimum atomic E-state index is -0.648. The molecule has 0 aromatic carbocycles. The number of aliphatic hydroxyl groups excluding tert-OH is 2. The van der Waals surface area contributed by atoms with Crippen molar-refractivity contribution in [3.63, 3.8) is 0 Å². The smallest absolute Gasteiger partial charge is 0.0837 e. The summed E-state index contributed by atoms with van der Waals surface area (Å²) >= 11 is 0. The maximum Gasteiger partial charge on any atom is 0.0837 e. The van der Waals surface area contributed by atoms with E-state index in [1.807, 2.05) is 20.8 Å². The van der Waals surface area contributed by atoms with Gasteiger partial charge in [0.2, 0.25) is 0 Å². The summed E-state index contributed by atoms with van der Waals surface area (Å²) in [7, 11) is 0. The molecule has 7 atom stereocenters. The van der Waals surface area contributed by atoms with Crippen molar-refractivity contribution in [1.82, 2.24) is 0 Å². The van der Waals surface area contributed by atoms with Crippen molar-refractivity contribution >= 4 is 0 Å². The van der Waals surface area contributed by atoms with Crippen molar-refractivity contribution in [3.8, 4) is 0 Å². The second kappa shape index (κ2) is 9.53. The van der Waals surface area contributed by atoms with Crippen LogP contribution in [0.4, 0.5) is 0 Å². The van der Waals surface area contributed by atoms with Crippen molar-refractivity contribution in [2.24, 2.45) is 29.1 Å². The van der Waals surface area contributed by atoms with Crippen LogP contribution in [0.2, 0.25) is 0 Å². The van der Waals surface area contributed by atoms with Gasteiger partial charge in [0.15, 0.2) is 0 Å². The SMILES string of the molecule is C=C1C(=CC=C2CCC[C@]3(C)[C@@H]([C@H](C)CCCC(C)(C)O)CC[C@@H]23)C[C@@H](O)[C@H](C)[C@H]1O. The fourth-order valence-electron chi connectivity index (χ4n) is 6.91. The van der Waals surface area contributed by atoms with Crippen LogP contribution in [-0.2, 0) is 0 Å². The topological polar surface area (TPSA) is 60.7 Å². The molecule has 3 aliphatic carbocycles. The van der Waals surface area contributed by atoms with Crippen LogP contribution in [0.1, 0.15) is 92.4 Å². The first-order valence-electron chi connectivity index (χ1n) is 12.6. The number of fused-ring (bicyclic) bond motifs is 1. The molecule has 0 amide bonds. The summed E-state index contributed by atoms with van der Waals surface area (Å²) in [5.41, 5.74) is 3.15. The Labute approximate surface area is 190 Å². The van der Waals surface area contributed by atoms with E-state index in [1.165, 1.54) is 32.1 Å². The van der Waals surface area contributed by atoms with E-state index in [-0.39, 0.29) is 5.92 Å². The molecule has 3 fully saturated rings. The van der Waals surface area contributed by atoms with E-state index >= 15 is 0 Å². The third-order valence-electron chi connectivity index (χ3n) is 8.97. The number of rotatable bonds is 6. The van der Waals surface area contributed by atoms with E-state index < -0.39 is 17.8 Å². The zero-order chi connectivity index (χ0) is 23.0. The molecule has 176 valence electrons. The Morgan fingerprint density at radius 3 is 2.61 bits per heavy atom. The Kier molecular flexibility index (Phi) is 7.61. The summed E-state index contributed by atoms with van der Waals surface area (Å²) < 4.78 is 0. The first-order valence-corrected chi connectivity index (χ1v) is 12.6. The van der Waals surface area contributed by atoms with Crippen LogP contribution in [0.25, 0.3) is 0 Å². The molecule has 3 rings (SSSR count). The monoisotopic (exact) mass is 430 g/mol. The fraction of sp³-hybridized carbons (Fsp3) is 0.786. The molecule has 0 heterocycles. The normalized spacial score (nSPS) is 40.4. The second-order valence-corrected chi connectivity index (χ2v) is 11.8. The van der Waals surface area contributed by atoms with Gasteiger partial charge >= 0.3 is 0 Å². The number of hydrogen-bond acceptors (Lipinski definition) is 3. The van der Waals surface area contributed by atoms with E-state index in [1.54, 1.807) is 5.57 Å². The molecule has 0 bridgehead atoms. The van der Waals surface area contributed by atoms with E-state index in [2.05, 4.69) is 32.6 Å². The molecule has 31 heavy (non-hydrogen) atoms. The molecule has 3 heteroatoms. The van der Waals surface area contributed by atoms with Crippen molar-refractivity contribution in [3.05, 3.63) is 35.5 Å². The lowest BCUT2D eigenvalue weighted by Crippen LogP contribution is -2.36. The van der Waals surface area contributed by atoms with Gasteiger partial charge in [-0.3, -0.25) is 0 Å². The van der Waals surface area contributed by atoms with Gasteiger partial charge in [-0.2, -0.15) is 0 Å². The molecule has 0 aliphatic heterocycles. The van der Waals surface area contributed by atoms with Crippen LogP contribution in [0.3, 0.4) is 0 Å². The molecular formula is C28H46O3. The summed E-state index contributed by atoms with van der Waals surface area (Å²) in [6.45, 7) is 14.8. The molecule has 0 unspecified atom stereocenters. The minimum absolute atomic E-state index is 0.149. The average molecular weight is 431 g/mol. The maximum absolute atomic E-state index is 10.4. The predicted molar refractivity (Wildman–Crippen MR) is 129 cm³/mol. The average Bonchev–Trinajstić information content (AvgIpc) is 3.04. The zero-order valence-electron chi connectivity index (χ0n) is 20.5. The Morgan fingerprint density at radius 2 is 1.94 bits per heavy atom. The Hall–Kier alpha value is -0.900. The fourth-order valence-corrected chi connectivity index (χ4v) is 6.91. The predicted octanol–water partition coefficient (Wildman–Crippen LogP) is 5.95. The number of allylic oxidation sites excluding steroid dienone is 3. The van der Waals surface area contributed by atoms with Gasteiger partial charge in [-0.25, -0.2) is 0 Å². The highest BCUT2D eigenvalue weighted by Gasteiger charge is 2.50. The van der Waals surface area contributed by atoms with Crippen LogP contribution >= 0.6 is 0 Å². The summed E-state index contributed by atoms with van der Waals surface area (Å²) in [6, 6.07) is 0. The van der Waals surface area contributed by atoms with Crippen LogP contribution in [0, 0.1) is 29.1 Å². The van der Waals surface area contributed by atoms with Gasteiger partial charge in [0, 0.05) is 5.92 Å². The lowest BCUT2D eigenvalue weighted by molar-refractivity contribution is 0.0283. The molecule has 0 saturated heterocycles. The van der Waals surface area contributed by atoms with Crippen molar-refractivity contribution < 1.29 is 15.3 Å². The Morgan fingerprint density at radius 1 is 1.23 bits per heavy atom. The maximum atomic E-state index is 10.4. The summed E-state index contributed by atoms with van der Waals surface area (Å²) in [5, 5.41) is 30.7. The standard InChI is InChI=1S/C28H46O3/c1-18(9-7-15-27(4,5)31)23-13-14-24-21(10-8-16-28(23,24)6)11-12-22-17-25(29)20(3)26(30)19(22)2/h11-12,18,20,23-26,29-31H,2,7-10,13-17H2,1,3-6H3/t18-,20+,23-,24+,25-,26+,28-/m1/s1. The second-order valence-electron chi connectivity index (χ2n) is 11.8. The number of hydrogen-bond donors (Lipinski definition) is 3. The third-order valence-corrected chi connectivity index (χ3v) is 8.97.